The number of ketones is 1. The predicted molar refractivity (Wildman–Crippen MR) is 79.4 cm³/mol. The summed E-state index contributed by atoms with van der Waals surface area (Å²) in [5.74, 6) is -0.324. The van der Waals surface area contributed by atoms with Crippen molar-refractivity contribution in [3.8, 4) is 0 Å². The Kier molecular flexibility index (Phi) is 4.92. The van der Waals surface area contributed by atoms with Crippen LogP contribution in [0.3, 0.4) is 0 Å². The first-order valence-electron chi connectivity index (χ1n) is 7.60. The van der Waals surface area contributed by atoms with Gasteiger partial charge in [0.1, 0.15) is 5.82 Å². The van der Waals surface area contributed by atoms with Crippen molar-refractivity contribution in [3.63, 3.8) is 0 Å². The molecule has 1 aromatic rings. The maximum absolute atomic E-state index is 13.1. The van der Waals surface area contributed by atoms with Gasteiger partial charge in [0.05, 0.1) is 6.54 Å². The fraction of sp³-hybridized carbons (Fsp3) is 0.588. The van der Waals surface area contributed by atoms with Gasteiger partial charge >= 0.3 is 0 Å². The molecule has 0 N–H and O–H groups in total. The van der Waals surface area contributed by atoms with Gasteiger partial charge in [0.25, 0.3) is 0 Å². The van der Waals surface area contributed by atoms with Crippen LogP contribution in [0.2, 0.25) is 0 Å². The number of hydrogen-bond acceptors (Lipinski definition) is 2. The molecule has 1 fully saturated rings. The largest absolute Gasteiger partial charge is 0.296 e. The van der Waals surface area contributed by atoms with Crippen LogP contribution in [0.15, 0.2) is 24.3 Å². The summed E-state index contributed by atoms with van der Waals surface area (Å²) in [6, 6.07) is 5.99. The molecule has 2 nitrogen and oxygen atoms in total. The number of carbonyl (C=O) groups excluding carboxylic acids is 1. The van der Waals surface area contributed by atoms with Gasteiger partial charge in [-0.1, -0.05) is 38.8 Å². The molecular weight excluding hydrogens is 253 g/mol. The van der Waals surface area contributed by atoms with Gasteiger partial charge in [0.15, 0.2) is 5.78 Å². The van der Waals surface area contributed by atoms with Gasteiger partial charge in [-0.15, -0.1) is 0 Å². The number of likely N-dealkylation sites (tertiary alicyclic amines) is 1. The van der Waals surface area contributed by atoms with Crippen molar-refractivity contribution in [3.05, 3.63) is 35.6 Å². The van der Waals surface area contributed by atoms with Gasteiger partial charge in [0.2, 0.25) is 0 Å². The van der Waals surface area contributed by atoms with E-state index in [1.54, 1.807) is 12.1 Å². The average Bonchev–Trinajstić information content (AvgIpc) is 2.48. The van der Waals surface area contributed by atoms with Crippen LogP contribution in [0.4, 0.5) is 4.39 Å². The summed E-state index contributed by atoms with van der Waals surface area (Å²) in [4.78, 5) is 14.4. The van der Waals surface area contributed by atoms with Gasteiger partial charge < -0.3 is 0 Å². The third kappa shape index (κ3) is 3.45. The summed E-state index contributed by atoms with van der Waals surface area (Å²) in [5, 5.41) is 0. The molecule has 0 aromatic heterocycles. The lowest BCUT2D eigenvalue weighted by Crippen LogP contribution is -2.41. The van der Waals surface area contributed by atoms with Crippen molar-refractivity contribution in [1.82, 2.24) is 4.90 Å². The van der Waals surface area contributed by atoms with Crippen LogP contribution in [0.25, 0.3) is 0 Å². The monoisotopic (exact) mass is 277 g/mol. The van der Waals surface area contributed by atoms with Crippen molar-refractivity contribution < 1.29 is 9.18 Å². The second-order valence-corrected chi connectivity index (χ2v) is 5.92. The molecule has 2 rings (SSSR count). The molecule has 0 unspecified atom stereocenters. The first-order chi connectivity index (χ1) is 9.58. The Bertz CT molecular complexity index is 458. The average molecular weight is 277 g/mol. The minimum absolute atomic E-state index is 0.0185. The summed E-state index contributed by atoms with van der Waals surface area (Å²) in [5.41, 5.74) is 0.950. The van der Waals surface area contributed by atoms with E-state index in [1.165, 1.54) is 25.0 Å². The van der Waals surface area contributed by atoms with Crippen molar-refractivity contribution in [2.24, 2.45) is 5.41 Å². The number of carbonyl (C=O) groups is 1. The van der Waals surface area contributed by atoms with Gasteiger partial charge in [-0.2, -0.15) is 0 Å². The van der Waals surface area contributed by atoms with E-state index < -0.39 is 0 Å². The van der Waals surface area contributed by atoms with E-state index in [9.17, 15) is 9.18 Å². The number of piperidine rings is 1. The van der Waals surface area contributed by atoms with Crippen molar-refractivity contribution in [1.29, 1.82) is 0 Å². The molecule has 110 valence electrons. The van der Waals surface area contributed by atoms with Gasteiger partial charge in [-0.25, -0.2) is 4.39 Å². The molecule has 0 amide bonds. The second-order valence-electron chi connectivity index (χ2n) is 5.92. The standard InChI is InChI=1S/C17H24FNO/c1-3-17(4-2)8-10-19(11-9-17)13-16(20)14-6-5-7-15(18)12-14/h5-7,12H,3-4,8-11,13H2,1-2H3. The third-order valence-corrected chi connectivity index (χ3v) is 4.93. The van der Waals surface area contributed by atoms with Crippen LogP contribution in [-0.2, 0) is 0 Å². The fourth-order valence-electron chi connectivity index (χ4n) is 3.10. The maximum Gasteiger partial charge on any atom is 0.176 e. The van der Waals surface area contributed by atoms with Crippen molar-refractivity contribution >= 4 is 5.78 Å². The lowest BCUT2D eigenvalue weighted by Gasteiger charge is -2.40. The molecule has 0 aliphatic carbocycles. The summed E-state index contributed by atoms with van der Waals surface area (Å²) < 4.78 is 13.1. The molecule has 1 heterocycles. The number of hydrogen-bond donors (Lipinski definition) is 0. The highest BCUT2D eigenvalue weighted by molar-refractivity contribution is 5.97. The normalized spacial score (nSPS) is 18.9. The zero-order valence-corrected chi connectivity index (χ0v) is 12.5. The molecule has 20 heavy (non-hydrogen) atoms. The second kappa shape index (κ2) is 6.49. The van der Waals surface area contributed by atoms with E-state index in [-0.39, 0.29) is 11.6 Å². The smallest absolute Gasteiger partial charge is 0.176 e. The Morgan fingerprint density at radius 2 is 1.90 bits per heavy atom. The molecule has 1 aliphatic heterocycles. The van der Waals surface area contributed by atoms with Crippen LogP contribution in [0, 0.1) is 11.2 Å². The van der Waals surface area contributed by atoms with Gasteiger partial charge in [-0.3, -0.25) is 9.69 Å². The van der Waals surface area contributed by atoms with Crippen LogP contribution in [0.5, 0.6) is 0 Å². The molecule has 1 aromatic carbocycles. The van der Waals surface area contributed by atoms with E-state index in [1.807, 2.05) is 0 Å². The first kappa shape index (κ1) is 15.2. The van der Waals surface area contributed by atoms with E-state index in [0.717, 1.165) is 25.9 Å². The van der Waals surface area contributed by atoms with E-state index >= 15 is 0 Å². The van der Waals surface area contributed by atoms with E-state index in [0.29, 0.717) is 17.5 Å². The predicted octanol–water partition coefficient (Wildman–Crippen LogP) is 3.91. The summed E-state index contributed by atoms with van der Waals surface area (Å²) in [6.07, 6.45) is 4.76. The van der Waals surface area contributed by atoms with Crippen LogP contribution >= 0.6 is 0 Å². The lowest BCUT2D eigenvalue weighted by atomic mass is 9.74. The Morgan fingerprint density at radius 1 is 1.25 bits per heavy atom. The molecule has 0 radical (unpaired) electrons. The Hall–Kier alpha value is -1.22. The zero-order valence-electron chi connectivity index (χ0n) is 12.5. The Morgan fingerprint density at radius 3 is 2.45 bits per heavy atom. The highest BCUT2D eigenvalue weighted by Crippen LogP contribution is 2.37. The molecule has 0 saturated carbocycles. The van der Waals surface area contributed by atoms with Gasteiger partial charge in [-0.05, 0) is 43.5 Å². The molecule has 1 aliphatic rings. The third-order valence-electron chi connectivity index (χ3n) is 4.93. The molecule has 1 saturated heterocycles. The molecular formula is C17H24FNO. The van der Waals surface area contributed by atoms with E-state index in [4.69, 9.17) is 0 Å². The maximum atomic E-state index is 13.1. The molecule has 0 spiro atoms. The number of benzene rings is 1. The van der Waals surface area contributed by atoms with Crippen molar-refractivity contribution in [2.75, 3.05) is 19.6 Å². The first-order valence-corrected chi connectivity index (χ1v) is 7.60. The van der Waals surface area contributed by atoms with Crippen LogP contribution < -0.4 is 0 Å². The number of Topliss-reactive ketones (excluding diaryl/α,β-unsaturated/α-hetero) is 1. The minimum Gasteiger partial charge on any atom is -0.296 e. The summed E-state index contributed by atoms with van der Waals surface area (Å²) in [7, 11) is 0. The van der Waals surface area contributed by atoms with Crippen LogP contribution in [0.1, 0.15) is 49.9 Å². The summed E-state index contributed by atoms with van der Waals surface area (Å²) >= 11 is 0. The van der Waals surface area contributed by atoms with Gasteiger partial charge in [0, 0.05) is 5.56 Å². The number of rotatable bonds is 5. The Labute approximate surface area is 121 Å². The Balaban J connectivity index is 1.91. The fourth-order valence-corrected chi connectivity index (χ4v) is 3.10. The lowest BCUT2D eigenvalue weighted by molar-refractivity contribution is 0.0756. The topological polar surface area (TPSA) is 20.3 Å². The zero-order chi connectivity index (χ0) is 14.6. The van der Waals surface area contributed by atoms with Crippen molar-refractivity contribution in [2.45, 2.75) is 39.5 Å². The number of nitrogens with zero attached hydrogens (tertiary/aromatic N) is 1. The summed E-state index contributed by atoms with van der Waals surface area (Å²) in [6.45, 7) is 6.88. The highest BCUT2D eigenvalue weighted by atomic mass is 19.1. The molecule has 0 bridgehead atoms. The molecule has 0 atom stereocenters. The number of halogens is 1. The molecule has 3 heteroatoms. The highest BCUT2D eigenvalue weighted by Gasteiger charge is 2.31. The van der Waals surface area contributed by atoms with Crippen LogP contribution in [-0.4, -0.2) is 30.3 Å². The quantitative estimate of drug-likeness (QED) is 0.761. The SMILES string of the molecule is CCC1(CC)CCN(CC(=O)c2cccc(F)c2)CC1. The van der Waals surface area contributed by atoms with E-state index in [2.05, 4.69) is 18.7 Å². The minimum atomic E-state index is -0.342.